The fourth-order valence-electron chi connectivity index (χ4n) is 4.99. The van der Waals surface area contributed by atoms with Gasteiger partial charge in [-0.15, -0.1) is 0 Å². The lowest BCUT2D eigenvalue weighted by Crippen LogP contribution is -2.47. The summed E-state index contributed by atoms with van der Waals surface area (Å²) >= 11 is 0. The maximum absolute atomic E-state index is 13.4. The largest absolute Gasteiger partial charge is 0.502 e. The average Bonchev–Trinajstić information content (AvgIpc) is 3.24. The summed E-state index contributed by atoms with van der Waals surface area (Å²) in [5.74, 6) is 0.00130. The fraction of sp³-hybridized carbons (Fsp3) is 0.304. The van der Waals surface area contributed by atoms with Crippen LogP contribution in [0.15, 0.2) is 41.2 Å². The van der Waals surface area contributed by atoms with Crippen LogP contribution in [0.25, 0.3) is 10.9 Å². The first-order valence-electron chi connectivity index (χ1n) is 9.96. The molecule has 30 heavy (non-hydrogen) atoms. The molecule has 1 aromatic heterocycles. The number of rotatable bonds is 3. The fourth-order valence-corrected chi connectivity index (χ4v) is 4.99. The number of H-pyrrole nitrogens is 1. The first-order chi connectivity index (χ1) is 14.5. The van der Waals surface area contributed by atoms with E-state index in [2.05, 4.69) is 4.98 Å². The van der Waals surface area contributed by atoms with Gasteiger partial charge in [-0.05, 0) is 36.6 Å². The van der Waals surface area contributed by atoms with Crippen molar-refractivity contribution in [3.8, 4) is 17.2 Å². The average molecular weight is 406 g/mol. The third-order valence-corrected chi connectivity index (χ3v) is 6.29. The van der Waals surface area contributed by atoms with Crippen molar-refractivity contribution < 1.29 is 19.4 Å². The van der Waals surface area contributed by atoms with Crippen molar-refractivity contribution in [1.29, 1.82) is 0 Å². The number of hydrogen-bond acceptors (Lipinski definition) is 5. The Balaban J connectivity index is 1.84. The number of aromatic nitrogens is 1. The number of ether oxygens (including phenoxy) is 2. The molecule has 2 N–H and O–H groups in total. The molecule has 0 saturated carbocycles. The lowest BCUT2D eigenvalue weighted by atomic mass is 9.78. The van der Waals surface area contributed by atoms with Gasteiger partial charge in [0.25, 0.3) is 11.5 Å². The molecule has 2 atom stereocenters. The number of carbonyl (C=O) groups is 1. The van der Waals surface area contributed by atoms with Crippen molar-refractivity contribution in [2.45, 2.75) is 24.8 Å². The van der Waals surface area contributed by atoms with Crippen LogP contribution in [0.4, 0.5) is 0 Å². The first kappa shape index (κ1) is 18.5. The number of aromatic amines is 1. The maximum atomic E-state index is 13.4. The van der Waals surface area contributed by atoms with E-state index < -0.39 is 0 Å². The van der Waals surface area contributed by atoms with Gasteiger partial charge in [-0.25, -0.2) is 0 Å². The molecule has 5 rings (SSSR count). The number of methoxy groups -OCH3 is 2. The van der Waals surface area contributed by atoms with E-state index in [1.54, 1.807) is 12.1 Å². The summed E-state index contributed by atoms with van der Waals surface area (Å²) in [4.78, 5) is 31.5. The Kier molecular flexibility index (Phi) is 4.20. The maximum Gasteiger partial charge on any atom is 0.255 e. The van der Waals surface area contributed by atoms with E-state index >= 15 is 0 Å². The minimum atomic E-state index is -0.350. The number of para-hydroxylation sites is 1. The number of nitrogens with zero attached hydrogens (tertiary/aromatic N) is 1. The Morgan fingerprint density at radius 3 is 2.50 bits per heavy atom. The zero-order chi connectivity index (χ0) is 21.0. The van der Waals surface area contributed by atoms with E-state index in [1.807, 2.05) is 29.2 Å². The summed E-state index contributed by atoms with van der Waals surface area (Å²) in [7, 11) is 2.94. The monoisotopic (exact) mass is 406 g/mol. The second kappa shape index (κ2) is 6.79. The van der Waals surface area contributed by atoms with Gasteiger partial charge < -0.3 is 24.5 Å². The van der Waals surface area contributed by atoms with Crippen molar-refractivity contribution in [1.82, 2.24) is 9.88 Å². The molecule has 0 radical (unpaired) electrons. The van der Waals surface area contributed by atoms with Gasteiger partial charge in [0.15, 0.2) is 11.5 Å². The number of amides is 1. The number of fused-ring (bicyclic) bond motifs is 4. The molecule has 1 amide bonds. The van der Waals surface area contributed by atoms with E-state index in [0.717, 1.165) is 23.8 Å². The SMILES string of the molecule is COc1cc([C@@H]2c3c(c4ccccc4[nH]c3=O)C(=O)N3CCCC23)cc(OC)c1O. The van der Waals surface area contributed by atoms with Crippen LogP contribution in [0, 0.1) is 0 Å². The Hall–Kier alpha value is -3.48. The van der Waals surface area contributed by atoms with Crippen LogP contribution < -0.4 is 15.0 Å². The number of aromatic hydroxyl groups is 1. The van der Waals surface area contributed by atoms with Crippen LogP contribution in [0.2, 0.25) is 0 Å². The van der Waals surface area contributed by atoms with Crippen LogP contribution in [-0.4, -0.2) is 47.7 Å². The summed E-state index contributed by atoms with van der Waals surface area (Å²) in [6, 6.07) is 10.7. The molecule has 154 valence electrons. The molecule has 0 aliphatic carbocycles. The standard InChI is InChI=1S/C23H22N2O5/c1-29-16-10-12(11-17(30-2)21(16)26)18-15-8-5-9-25(15)23(28)19-13-6-3-4-7-14(13)24-22(27)20(18)19/h3-4,6-7,10-11,15,18,26H,5,8-9H2,1-2H3,(H,24,27)/t15?,18-/m0/s1. The van der Waals surface area contributed by atoms with Gasteiger partial charge in [0, 0.05) is 35.0 Å². The third kappa shape index (κ3) is 2.51. The van der Waals surface area contributed by atoms with Gasteiger partial charge in [-0.3, -0.25) is 9.59 Å². The molecule has 3 aromatic rings. The van der Waals surface area contributed by atoms with Gasteiger partial charge in [-0.2, -0.15) is 0 Å². The zero-order valence-electron chi connectivity index (χ0n) is 16.8. The quantitative estimate of drug-likeness (QED) is 0.698. The molecule has 7 nitrogen and oxygen atoms in total. The van der Waals surface area contributed by atoms with E-state index in [1.165, 1.54) is 14.2 Å². The van der Waals surface area contributed by atoms with E-state index in [-0.39, 0.29) is 40.7 Å². The van der Waals surface area contributed by atoms with Crippen LogP contribution in [0.3, 0.4) is 0 Å². The molecular formula is C23H22N2O5. The smallest absolute Gasteiger partial charge is 0.255 e. The molecule has 2 aromatic carbocycles. The van der Waals surface area contributed by atoms with E-state index in [0.29, 0.717) is 23.2 Å². The predicted molar refractivity (Wildman–Crippen MR) is 112 cm³/mol. The van der Waals surface area contributed by atoms with Gasteiger partial charge >= 0.3 is 0 Å². The lowest BCUT2D eigenvalue weighted by Gasteiger charge is -2.38. The Morgan fingerprint density at radius 2 is 1.80 bits per heavy atom. The van der Waals surface area contributed by atoms with Gasteiger partial charge in [0.1, 0.15) is 0 Å². The zero-order valence-corrected chi connectivity index (χ0v) is 16.8. The number of phenols is 1. The summed E-state index contributed by atoms with van der Waals surface area (Å²) in [6.45, 7) is 0.660. The molecule has 0 spiro atoms. The minimum absolute atomic E-state index is 0.0911. The highest BCUT2D eigenvalue weighted by molar-refractivity contribution is 6.08. The number of benzene rings is 2. The summed E-state index contributed by atoms with van der Waals surface area (Å²) in [6.07, 6.45) is 1.68. The number of pyridine rings is 1. The highest BCUT2D eigenvalue weighted by atomic mass is 16.5. The normalized spacial score (nSPS) is 20.2. The third-order valence-electron chi connectivity index (χ3n) is 6.29. The molecule has 1 unspecified atom stereocenters. The van der Waals surface area contributed by atoms with Crippen molar-refractivity contribution in [2.75, 3.05) is 20.8 Å². The number of carbonyl (C=O) groups excluding carboxylic acids is 1. The summed E-state index contributed by atoms with van der Waals surface area (Å²) in [5, 5.41) is 11.1. The molecule has 3 heterocycles. The van der Waals surface area contributed by atoms with Crippen molar-refractivity contribution in [2.24, 2.45) is 0 Å². The second-order valence-electron chi connectivity index (χ2n) is 7.75. The number of hydrogen-bond donors (Lipinski definition) is 2. The van der Waals surface area contributed by atoms with E-state index in [9.17, 15) is 14.7 Å². The number of nitrogens with one attached hydrogen (secondary N) is 1. The summed E-state index contributed by atoms with van der Waals surface area (Å²) in [5.41, 5.74) is 2.08. The van der Waals surface area contributed by atoms with Crippen LogP contribution in [0.5, 0.6) is 17.2 Å². The second-order valence-corrected chi connectivity index (χ2v) is 7.75. The lowest BCUT2D eigenvalue weighted by molar-refractivity contribution is 0.0700. The molecular weight excluding hydrogens is 384 g/mol. The van der Waals surface area contributed by atoms with Gasteiger partial charge in [-0.1, -0.05) is 18.2 Å². The van der Waals surface area contributed by atoms with E-state index in [4.69, 9.17) is 9.47 Å². The van der Waals surface area contributed by atoms with Crippen molar-refractivity contribution in [3.63, 3.8) is 0 Å². The highest BCUT2D eigenvalue weighted by Gasteiger charge is 2.45. The number of phenolic OH excluding ortho intramolecular Hbond substituents is 1. The molecule has 2 aliphatic heterocycles. The van der Waals surface area contributed by atoms with Crippen LogP contribution >= 0.6 is 0 Å². The predicted octanol–water partition coefficient (Wildman–Crippen LogP) is 3.00. The molecule has 1 fully saturated rings. The topological polar surface area (TPSA) is 91.9 Å². The minimum Gasteiger partial charge on any atom is -0.502 e. The van der Waals surface area contributed by atoms with Crippen molar-refractivity contribution >= 4 is 16.8 Å². The Morgan fingerprint density at radius 1 is 1.10 bits per heavy atom. The Labute approximate surface area is 172 Å². The summed E-state index contributed by atoms with van der Waals surface area (Å²) < 4.78 is 10.7. The van der Waals surface area contributed by atoms with Gasteiger partial charge in [0.05, 0.1) is 19.8 Å². The van der Waals surface area contributed by atoms with Crippen LogP contribution in [0.1, 0.15) is 40.2 Å². The first-order valence-corrected chi connectivity index (χ1v) is 9.96. The molecule has 0 bridgehead atoms. The van der Waals surface area contributed by atoms with Crippen molar-refractivity contribution in [3.05, 3.63) is 63.4 Å². The van der Waals surface area contributed by atoms with Crippen LogP contribution in [-0.2, 0) is 0 Å². The highest BCUT2D eigenvalue weighted by Crippen LogP contribution is 2.46. The Bertz CT molecular complexity index is 1210. The molecule has 7 heteroatoms. The molecule has 2 aliphatic rings. The molecule has 1 saturated heterocycles. The van der Waals surface area contributed by atoms with Gasteiger partial charge in [0.2, 0.25) is 5.75 Å².